The van der Waals surface area contributed by atoms with Crippen molar-refractivity contribution in [2.75, 3.05) is 6.61 Å². The van der Waals surface area contributed by atoms with Crippen LogP contribution in [0.3, 0.4) is 0 Å². The van der Waals surface area contributed by atoms with Crippen LogP contribution >= 0.6 is 0 Å². The Hall–Kier alpha value is -1.84. The summed E-state index contributed by atoms with van der Waals surface area (Å²) in [5.41, 5.74) is 0.929. The second-order valence-electron chi connectivity index (χ2n) is 2.74. The largest absolute Gasteiger partial charge is 0.478 e. The Morgan fingerprint density at radius 1 is 1.43 bits per heavy atom. The maximum Gasteiger partial charge on any atom is 0.213 e. The van der Waals surface area contributed by atoms with Gasteiger partial charge in [-0.3, -0.25) is 0 Å². The summed E-state index contributed by atoms with van der Waals surface area (Å²) in [6, 6.07) is 5.63. The summed E-state index contributed by atoms with van der Waals surface area (Å²) in [4.78, 5) is 4.14. The number of ether oxygens (including phenoxy) is 1. The van der Waals surface area contributed by atoms with E-state index in [0.29, 0.717) is 12.5 Å². The van der Waals surface area contributed by atoms with E-state index in [1.54, 1.807) is 17.1 Å². The minimum atomic E-state index is 0.633. The van der Waals surface area contributed by atoms with Crippen LogP contribution in [0.25, 0.3) is 5.69 Å². The van der Waals surface area contributed by atoms with Crippen molar-refractivity contribution in [3.05, 3.63) is 36.8 Å². The molecule has 72 valence electrons. The summed E-state index contributed by atoms with van der Waals surface area (Å²) in [6.45, 7) is 2.57. The fraction of sp³-hybridized carbons (Fsp3) is 0.200. The second-order valence-corrected chi connectivity index (χ2v) is 2.74. The van der Waals surface area contributed by atoms with E-state index in [4.69, 9.17) is 4.74 Å². The van der Waals surface area contributed by atoms with E-state index in [1.807, 2.05) is 31.3 Å². The molecule has 0 amide bonds. The molecule has 0 spiro atoms. The first-order valence-electron chi connectivity index (χ1n) is 4.49. The molecular formula is C10H11N3O. The molecule has 4 nitrogen and oxygen atoms in total. The molecular weight excluding hydrogens is 178 g/mol. The molecule has 0 atom stereocenters. The van der Waals surface area contributed by atoms with Crippen LogP contribution < -0.4 is 4.74 Å². The lowest BCUT2D eigenvalue weighted by molar-refractivity contribution is 0.327. The Morgan fingerprint density at radius 2 is 2.36 bits per heavy atom. The molecule has 0 saturated heterocycles. The molecule has 14 heavy (non-hydrogen) atoms. The minimum absolute atomic E-state index is 0.633. The van der Waals surface area contributed by atoms with Crippen molar-refractivity contribution in [1.29, 1.82) is 0 Å². The normalized spacial score (nSPS) is 10.1. The predicted octanol–water partition coefficient (Wildman–Crippen LogP) is 1.67. The monoisotopic (exact) mass is 189 g/mol. The molecule has 0 aliphatic heterocycles. The molecule has 2 aromatic heterocycles. The number of pyridine rings is 1. The van der Waals surface area contributed by atoms with Gasteiger partial charge in [0, 0.05) is 18.5 Å². The highest BCUT2D eigenvalue weighted by Crippen LogP contribution is 2.10. The van der Waals surface area contributed by atoms with Crippen LogP contribution in [0.5, 0.6) is 5.88 Å². The first kappa shape index (κ1) is 8.74. The fourth-order valence-corrected chi connectivity index (χ4v) is 1.16. The summed E-state index contributed by atoms with van der Waals surface area (Å²) >= 11 is 0. The smallest absolute Gasteiger partial charge is 0.213 e. The molecule has 0 unspecified atom stereocenters. The van der Waals surface area contributed by atoms with Gasteiger partial charge in [-0.1, -0.05) is 0 Å². The summed E-state index contributed by atoms with van der Waals surface area (Å²) in [7, 11) is 0. The maximum atomic E-state index is 5.24. The van der Waals surface area contributed by atoms with Crippen LogP contribution in [-0.2, 0) is 0 Å². The highest BCUT2D eigenvalue weighted by molar-refractivity contribution is 5.30. The average molecular weight is 189 g/mol. The number of aromatic nitrogens is 3. The summed E-state index contributed by atoms with van der Waals surface area (Å²) in [5.74, 6) is 0.642. The number of hydrogen-bond donors (Lipinski definition) is 0. The third kappa shape index (κ3) is 1.74. The zero-order chi connectivity index (χ0) is 9.80. The SMILES string of the molecule is CCOc1ccc(-n2cccn2)cn1. The molecule has 0 aromatic carbocycles. The lowest BCUT2D eigenvalue weighted by Gasteiger charge is -2.03. The van der Waals surface area contributed by atoms with Crippen molar-refractivity contribution in [2.24, 2.45) is 0 Å². The van der Waals surface area contributed by atoms with E-state index < -0.39 is 0 Å². The molecule has 0 bridgehead atoms. The predicted molar refractivity (Wildman–Crippen MR) is 52.5 cm³/mol. The van der Waals surface area contributed by atoms with Crippen LogP contribution in [0.1, 0.15) is 6.92 Å². The van der Waals surface area contributed by atoms with Crippen molar-refractivity contribution in [1.82, 2.24) is 14.8 Å². The van der Waals surface area contributed by atoms with E-state index in [9.17, 15) is 0 Å². The van der Waals surface area contributed by atoms with Crippen molar-refractivity contribution >= 4 is 0 Å². The van der Waals surface area contributed by atoms with Gasteiger partial charge in [0.05, 0.1) is 18.5 Å². The Kier molecular flexibility index (Phi) is 2.44. The van der Waals surface area contributed by atoms with Gasteiger partial charge in [0.1, 0.15) is 0 Å². The van der Waals surface area contributed by atoms with Crippen molar-refractivity contribution in [3.63, 3.8) is 0 Å². The third-order valence-electron chi connectivity index (χ3n) is 1.78. The van der Waals surface area contributed by atoms with Crippen LogP contribution in [0.2, 0.25) is 0 Å². The van der Waals surface area contributed by atoms with Crippen molar-refractivity contribution in [2.45, 2.75) is 6.92 Å². The van der Waals surface area contributed by atoms with E-state index in [-0.39, 0.29) is 0 Å². The van der Waals surface area contributed by atoms with Crippen molar-refractivity contribution in [3.8, 4) is 11.6 Å². The summed E-state index contributed by atoms with van der Waals surface area (Å²) < 4.78 is 6.99. The van der Waals surface area contributed by atoms with Crippen LogP contribution in [-0.4, -0.2) is 21.4 Å². The average Bonchev–Trinajstić information content (AvgIpc) is 2.72. The molecule has 0 N–H and O–H groups in total. The Balaban J connectivity index is 2.22. The standard InChI is InChI=1S/C10H11N3O/c1-2-14-10-5-4-9(8-11-10)13-7-3-6-12-13/h3-8H,2H2,1H3. The van der Waals surface area contributed by atoms with E-state index in [0.717, 1.165) is 5.69 Å². The van der Waals surface area contributed by atoms with Gasteiger partial charge in [-0.05, 0) is 19.1 Å². The molecule has 2 aromatic rings. The Morgan fingerprint density at radius 3 is 2.93 bits per heavy atom. The molecule has 4 heteroatoms. The van der Waals surface area contributed by atoms with Gasteiger partial charge in [-0.2, -0.15) is 5.10 Å². The second kappa shape index (κ2) is 3.91. The van der Waals surface area contributed by atoms with Crippen LogP contribution in [0.15, 0.2) is 36.8 Å². The lowest BCUT2D eigenvalue weighted by Crippen LogP contribution is -1.97. The van der Waals surface area contributed by atoms with Crippen LogP contribution in [0.4, 0.5) is 0 Å². The molecule has 0 fully saturated rings. The van der Waals surface area contributed by atoms with Gasteiger partial charge in [-0.15, -0.1) is 0 Å². The van der Waals surface area contributed by atoms with Crippen molar-refractivity contribution < 1.29 is 4.74 Å². The van der Waals surface area contributed by atoms with Gasteiger partial charge >= 0.3 is 0 Å². The zero-order valence-electron chi connectivity index (χ0n) is 7.92. The molecule has 2 rings (SSSR count). The maximum absolute atomic E-state index is 5.24. The Bertz CT molecular complexity index is 380. The topological polar surface area (TPSA) is 39.9 Å². The zero-order valence-corrected chi connectivity index (χ0v) is 7.92. The number of nitrogens with zero attached hydrogens (tertiary/aromatic N) is 3. The number of hydrogen-bond acceptors (Lipinski definition) is 3. The van der Waals surface area contributed by atoms with Crippen LogP contribution in [0, 0.1) is 0 Å². The first-order valence-corrected chi connectivity index (χ1v) is 4.49. The summed E-state index contributed by atoms with van der Waals surface area (Å²) in [6.07, 6.45) is 5.34. The third-order valence-corrected chi connectivity index (χ3v) is 1.78. The molecule has 0 radical (unpaired) electrons. The van der Waals surface area contributed by atoms with Gasteiger partial charge in [0.25, 0.3) is 0 Å². The number of rotatable bonds is 3. The van der Waals surface area contributed by atoms with Gasteiger partial charge in [-0.25, -0.2) is 9.67 Å². The molecule has 0 saturated carbocycles. The lowest BCUT2D eigenvalue weighted by atomic mass is 10.4. The first-order chi connectivity index (χ1) is 6.90. The molecule has 0 aliphatic carbocycles. The summed E-state index contributed by atoms with van der Waals surface area (Å²) in [5, 5.41) is 4.10. The van der Waals surface area contributed by atoms with Gasteiger partial charge < -0.3 is 4.74 Å². The van der Waals surface area contributed by atoms with Gasteiger partial charge in [0.15, 0.2) is 0 Å². The van der Waals surface area contributed by atoms with E-state index in [1.165, 1.54) is 0 Å². The highest BCUT2D eigenvalue weighted by atomic mass is 16.5. The van der Waals surface area contributed by atoms with Gasteiger partial charge in [0.2, 0.25) is 5.88 Å². The van der Waals surface area contributed by atoms with E-state index in [2.05, 4.69) is 10.1 Å². The molecule has 2 heterocycles. The van der Waals surface area contributed by atoms with E-state index >= 15 is 0 Å². The Labute approximate surface area is 82.2 Å². The molecule has 0 aliphatic rings. The fourth-order valence-electron chi connectivity index (χ4n) is 1.16. The highest BCUT2D eigenvalue weighted by Gasteiger charge is 1.97. The quantitative estimate of drug-likeness (QED) is 0.737. The minimum Gasteiger partial charge on any atom is -0.478 e.